The maximum atomic E-state index is 13.6. The predicted octanol–water partition coefficient (Wildman–Crippen LogP) is 3.88. The van der Waals surface area contributed by atoms with Gasteiger partial charge in [-0.2, -0.15) is 26.3 Å². The summed E-state index contributed by atoms with van der Waals surface area (Å²) in [5, 5.41) is 0.798. The Bertz CT molecular complexity index is 660. The third-order valence-corrected chi connectivity index (χ3v) is 4.32. The van der Waals surface area contributed by atoms with Crippen molar-refractivity contribution in [2.75, 3.05) is 26.3 Å². The lowest BCUT2D eigenvalue weighted by atomic mass is 10.0. The van der Waals surface area contributed by atoms with Crippen molar-refractivity contribution < 1.29 is 35.9 Å². The Balaban J connectivity index is 2.51. The monoisotopic (exact) mass is 424 g/mol. The molecular formula is C14H12Cl2F6N2O2. The molecule has 1 aromatic carbocycles. The van der Waals surface area contributed by atoms with Gasteiger partial charge < -0.3 is 10.1 Å². The molecule has 1 aromatic rings. The average molecular weight is 425 g/mol. The molecule has 0 bridgehead atoms. The van der Waals surface area contributed by atoms with Gasteiger partial charge in [-0.15, -0.1) is 0 Å². The van der Waals surface area contributed by atoms with Gasteiger partial charge in [0, 0.05) is 18.1 Å². The standard InChI is InChI=1S/C14H12Cl2F6N2O2/c15-8-1-2-9(10(16)7-8)11(25)23-12(13(17,18)19,14(20,21)22)24-3-5-26-6-4-24/h1-2,7H,3-6H2,(H,23,25). The molecule has 1 heterocycles. The van der Waals surface area contributed by atoms with E-state index in [4.69, 9.17) is 27.9 Å². The molecule has 1 fully saturated rings. The van der Waals surface area contributed by atoms with Crippen LogP contribution in [0.25, 0.3) is 0 Å². The van der Waals surface area contributed by atoms with E-state index < -0.39 is 42.6 Å². The van der Waals surface area contributed by atoms with Crippen LogP contribution in [0.5, 0.6) is 0 Å². The van der Waals surface area contributed by atoms with E-state index >= 15 is 0 Å². The van der Waals surface area contributed by atoms with E-state index in [2.05, 4.69) is 0 Å². The second kappa shape index (κ2) is 7.41. The summed E-state index contributed by atoms with van der Waals surface area (Å²) in [6.45, 7) is -2.03. The van der Waals surface area contributed by atoms with Crippen LogP contribution >= 0.6 is 23.2 Å². The zero-order chi connectivity index (χ0) is 19.8. The molecule has 0 unspecified atom stereocenters. The number of hydrogen-bond acceptors (Lipinski definition) is 3. The summed E-state index contributed by atoms with van der Waals surface area (Å²) < 4.78 is 86.6. The van der Waals surface area contributed by atoms with Crippen molar-refractivity contribution in [3.63, 3.8) is 0 Å². The lowest BCUT2D eigenvalue weighted by molar-refractivity contribution is -0.352. The zero-order valence-electron chi connectivity index (χ0n) is 12.8. The van der Waals surface area contributed by atoms with E-state index in [1.54, 1.807) is 0 Å². The molecule has 0 aromatic heterocycles. The number of morpholine rings is 1. The number of alkyl halides is 6. The van der Waals surface area contributed by atoms with Crippen LogP contribution in [0.4, 0.5) is 26.3 Å². The molecule has 12 heteroatoms. The van der Waals surface area contributed by atoms with E-state index in [0.29, 0.717) is 0 Å². The highest BCUT2D eigenvalue weighted by Gasteiger charge is 2.75. The molecular weight excluding hydrogens is 413 g/mol. The molecule has 1 N–H and O–H groups in total. The van der Waals surface area contributed by atoms with Crippen molar-refractivity contribution >= 4 is 29.1 Å². The third-order valence-electron chi connectivity index (χ3n) is 3.78. The minimum atomic E-state index is -5.85. The fourth-order valence-corrected chi connectivity index (χ4v) is 3.04. The van der Waals surface area contributed by atoms with Crippen molar-refractivity contribution in [2.24, 2.45) is 0 Å². The maximum absolute atomic E-state index is 13.6. The maximum Gasteiger partial charge on any atom is 0.434 e. The van der Waals surface area contributed by atoms with E-state index in [1.807, 2.05) is 0 Å². The van der Waals surface area contributed by atoms with Crippen molar-refractivity contribution in [3.05, 3.63) is 33.8 Å². The number of hydrogen-bond donors (Lipinski definition) is 1. The number of amides is 1. The Kier molecular flexibility index (Phi) is 6.01. The van der Waals surface area contributed by atoms with Gasteiger partial charge in [0.25, 0.3) is 11.6 Å². The molecule has 4 nitrogen and oxygen atoms in total. The van der Waals surface area contributed by atoms with E-state index in [1.165, 1.54) is 0 Å². The average Bonchev–Trinajstić information content (AvgIpc) is 2.50. The molecule has 0 aliphatic carbocycles. The van der Waals surface area contributed by atoms with E-state index in [-0.39, 0.29) is 28.2 Å². The van der Waals surface area contributed by atoms with Crippen LogP contribution in [0.3, 0.4) is 0 Å². The molecule has 0 spiro atoms. The van der Waals surface area contributed by atoms with Gasteiger partial charge in [0.05, 0.1) is 23.8 Å². The molecule has 0 radical (unpaired) electrons. The summed E-state index contributed by atoms with van der Waals surface area (Å²) in [6.07, 6.45) is -11.7. The number of halogens is 8. The second-order valence-corrected chi connectivity index (χ2v) is 6.23. The molecule has 0 atom stereocenters. The minimum Gasteiger partial charge on any atom is -0.379 e. The molecule has 0 saturated carbocycles. The van der Waals surface area contributed by atoms with Gasteiger partial charge in [0.2, 0.25) is 0 Å². The zero-order valence-corrected chi connectivity index (χ0v) is 14.4. The fourth-order valence-electron chi connectivity index (χ4n) is 2.54. The van der Waals surface area contributed by atoms with Crippen molar-refractivity contribution in [2.45, 2.75) is 18.0 Å². The van der Waals surface area contributed by atoms with Crippen LogP contribution < -0.4 is 5.32 Å². The Labute approximate surface area is 154 Å². The Morgan fingerprint density at radius 3 is 2.04 bits per heavy atom. The van der Waals surface area contributed by atoms with Crippen LogP contribution in [0.15, 0.2) is 18.2 Å². The van der Waals surface area contributed by atoms with Gasteiger partial charge in [-0.3, -0.25) is 9.69 Å². The van der Waals surface area contributed by atoms with E-state index in [9.17, 15) is 31.1 Å². The first-order chi connectivity index (χ1) is 11.9. The first kappa shape index (κ1) is 21.1. The Hall–Kier alpha value is -1.23. The first-order valence-corrected chi connectivity index (χ1v) is 7.89. The quantitative estimate of drug-likeness (QED) is 0.748. The molecule has 1 aliphatic heterocycles. The number of benzene rings is 1. The molecule has 1 saturated heterocycles. The van der Waals surface area contributed by atoms with Gasteiger partial charge >= 0.3 is 12.4 Å². The number of ether oxygens (including phenoxy) is 1. The van der Waals surface area contributed by atoms with Gasteiger partial charge in [-0.05, 0) is 18.2 Å². The fraction of sp³-hybridized carbons (Fsp3) is 0.500. The van der Waals surface area contributed by atoms with Gasteiger partial charge in [0.15, 0.2) is 0 Å². The highest BCUT2D eigenvalue weighted by atomic mass is 35.5. The van der Waals surface area contributed by atoms with Crippen molar-refractivity contribution in [1.82, 2.24) is 10.2 Å². The number of carbonyl (C=O) groups is 1. The van der Waals surface area contributed by atoms with Crippen LogP contribution in [0, 0.1) is 0 Å². The molecule has 1 aliphatic rings. The highest BCUT2D eigenvalue weighted by Crippen LogP contribution is 2.46. The summed E-state index contributed by atoms with van der Waals surface area (Å²) in [6, 6.07) is 3.10. The lowest BCUT2D eigenvalue weighted by Crippen LogP contribution is -2.77. The predicted molar refractivity (Wildman–Crippen MR) is 81.2 cm³/mol. The van der Waals surface area contributed by atoms with Gasteiger partial charge in [-0.1, -0.05) is 23.2 Å². The number of nitrogens with zero attached hydrogens (tertiary/aromatic N) is 1. The summed E-state index contributed by atoms with van der Waals surface area (Å²) in [5.41, 5.74) is -5.15. The second-order valence-electron chi connectivity index (χ2n) is 5.38. The molecule has 26 heavy (non-hydrogen) atoms. The number of nitrogens with one attached hydrogen (secondary N) is 1. The van der Waals surface area contributed by atoms with Crippen molar-refractivity contribution in [3.8, 4) is 0 Å². The minimum absolute atomic E-state index is 0.0673. The lowest BCUT2D eigenvalue weighted by Gasteiger charge is -2.46. The van der Waals surface area contributed by atoms with Crippen LogP contribution in [-0.4, -0.2) is 55.1 Å². The Morgan fingerprint density at radius 1 is 1.04 bits per heavy atom. The van der Waals surface area contributed by atoms with Gasteiger partial charge in [-0.25, -0.2) is 0 Å². The summed E-state index contributed by atoms with van der Waals surface area (Å²) in [5.74, 6) is -1.63. The summed E-state index contributed by atoms with van der Waals surface area (Å²) in [7, 11) is 0. The van der Waals surface area contributed by atoms with Crippen molar-refractivity contribution in [1.29, 1.82) is 0 Å². The highest BCUT2D eigenvalue weighted by molar-refractivity contribution is 6.36. The number of carbonyl (C=O) groups excluding carboxylic acids is 1. The van der Waals surface area contributed by atoms with E-state index in [0.717, 1.165) is 23.5 Å². The Morgan fingerprint density at radius 2 is 1.58 bits per heavy atom. The summed E-state index contributed by atoms with van der Waals surface area (Å²) in [4.78, 5) is 12.3. The molecule has 2 rings (SSSR count). The van der Waals surface area contributed by atoms with Gasteiger partial charge in [0.1, 0.15) is 0 Å². The smallest absolute Gasteiger partial charge is 0.379 e. The van der Waals surface area contributed by atoms with Crippen LogP contribution in [0.2, 0.25) is 10.0 Å². The number of rotatable bonds is 3. The first-order valence-electron chi connectivity index (χ1n) is 7.14. The van der Waals surface area contributed by atoms with Crippen LogP contribution in [-0.2, 0) is 4.74 Å². The normalized spacial score (nSPS) is 17.2. The topological polar surface area (TPSA) is 41.6 Å². The SMILES string of the molecule is O=C(NC(N1CCOCC1)(C(F)(F)F)C(F)(F)F)c1ccc(Cl)cc1Cl. The summed E-state index contributed by atoms with van der Waals surface area (Å²) >= 11 is 11.3. The molecule has 146 valence electrons. The van der Waals surface area contributed by atoms with Crippen LogP contribution in [0.1, 0.15) is 10.4 Å². The third kappa shape index (κ3) is 3.88. The largest absolute Gasteiger partial charge is 0.434 e. The molecule has 1 amide bonds.